The highest BCUT2D eigenvalue weighted by Gasteiger charge is 2.21. The second kappa shape index (κ2) is 6.62. The molecule has 0 saturated heterocycles. The van der Waals surface area contributed by atoms with E-state index in [1.807, 2.05) is 48.5 Å². The number of nitrogen functional groups attached to an aromatic ring is 1. The van der Waals surface area contributed by atoms with Crippen molar-refractivity contribution in [3.63, 3.8) is 0 Å². The first kappa shape index (κ1) is 16.5. The summed E-state index contributed by atoms with van der Waals surface area (Å²) in [5, 5.41) is 7.64. The van der Waals surface area contributed by atoms with Crippen molar-refractivity contribution in [2.45, 2.75) is 6.04 Å². The van der Waals surface area contributed by atoms with Crippen LogP contribution in [0.4, 0.5) is 11.4 Å². The summed E-state index contributed by atoms with van der Waals surface area (Å²) in [6.45, 7) is 0. The average Bonchev–Trinajstić information content (AvgIpc) is 2.87. The Balaban J connectivity index is 1.61. The molecular formula is C17H17N3O2S2. The molecule has 1 heterocycles. The highest BCUT2D eigenvalue weighted by Crippen LogP contribution is 2.22. The van der Waals surface area contributed by atoms with E-state index >= 15 is 0 Å². The van der Waals surface area contributed by atoms with Gasteiger partial charge in [0, 0.05) is 16.8 Å². The lowest BCUT2D eigenvalue weighted by Crippen LogP contribution is -2.38. The highest BCUT2D eigenvalue weighted by molar-refractivity contribution is 7.94. The molecular weight excluding hydrogens is 342 g/mol. The van der Waals surface area contributed by atoms with Crippen LogP contribution in [0.2, 0.25) is 0 Å². The normalized spacial score (nSPS) is 18.2. The van der Waals surface area contributed by atoms with Gasteiger partial charge in [-0.3, -0.25) is 0 Å². The molecule has 1 aliphatic heterocycles. The third-order valence-corrected chi connectivity index (χ3v) is 5.25. The number of hydrogen-bond acceptors (Lipinski definition) is 4. The Hall–Kier alpha value is -2.38. The molecule has 2 aromatic carbocycles. The van der Waals surface area contributed by atoms with Gasteiger partial charge in [0.15, 0.2) is 14.9 Å². The largest absolute Gasteiger partial charge is 0.399 e. The van der Waals surface area contributed by atoms with Crippen LogP contribution in [-0.4, -0.2) is 25.3 Å². The van der Waals surface area contributed by atoms with Crippen molar-refractivity contribution in [1.29, 1.82) is 0 Å². The first-order valence-electron chi connectivity index (χ1n) is 7.36. The van der Waals surface area contributed by atoms with Crippen LogP contribution in [0, 0.1) is 0 Å². The van der Waals surface area contributed by atoms with E-state index in [0.29, 0.717) is 5.11 Å². The van der Waals surface area contributed by atoms with Gasteiger partial charge in [-0.05, 0) is 53.7 Å². The van der Waals surface area contributed by atoms with Gasteiger partial charge in [0.2, 0.25) is 0 Å². The number of nitrogens with one attached hydrogen (secondary N) is 2. The highest BCUT2D eigenvalue weighted by atomic mass is 32.2. The van der Waals surface area contributed by atoms with E-state index in [2.05, 4.69) is 10.6 Å². The smallest absolute Gasteiger partial charge is 0.173 e. The predicted octanol–water partition coefficient (Wildman–Crippen LogP) is 2.53. The standard InChI is InChI=1S/C17H17N3O2S2/c18-14-5-1-12(2-6-14)13-3-7-15(8-4-13)19-17(23)20-16-9-10-24(21,22)11-16/h1-10,16H,11,18H2,(H2,19,20,23). The van der Waals surface area contributed by atoms with Gasteiger partial charge in [-0.2, -0.15) is 0 Å². The SMILES string of the molecule is Nc1ccc(-c2ccc(NC(=S)NC3C=CS(=O)(=O)C3)cc2)cc1. The van der Waals surface area contributed by atoms with E-state index in [4.69, 9.17) is 18.0 Å². The Labute approximate surface area is 146 Å². The third kappa shape index (κ3) is 4.12. The van der Waals surface area contributed by atoms with Crippen LogP contribution >= 0.6 is 12.2 Å². The predicted molar refractivity (Wildman–Crippen MR) is 102 cm³/mol. The minimum atomic E-state index is -3.09. The van der Waals surface area contributed by atoms with E-state index in [1.165, 1.54) is 5.41 Å². The summed E-state index contributed by atoms with van der Waals surface area (Å²) >= 11 is 5.22. The van der Waals surface area contributed by atoms with Gasteiger partial charge < -0.3 is 16.4 Å². The molecule has 5 nitrogen and oxygen atoms in total. The average molecular weight is 359 g/mol. The Kier molecular flexibility index (Phi) is 4.55. The van der Waals surface area contributed by atoms with Crippen LogP contribution < -0.4 is 16.4 Å². The molecule has 0 spiro atoms. The monoisotopic (exact) mass is 359 g/mol. The fourth-order valence-electron chi connectivity index (χ4n) is 2.42. The number of thiocarbonyl (C=S) groups is 1. The minimum Gasteiger partial charge on any atom is -0.399 e. The lowest BCUT2D eigenvalue weighted by atomic mass is 10.1. The first-order valence-corrected chi connectivity index (χ1v) is 9.48. The lowest BCUT2D eigenvalue weighted by Gasteiger charge is -2.14. The molecule has 0 radical (unpaired) electrons. The van der Waals surface area contributed by atoms with Gasteiger partial charge >= 0.3 is 0 Å². The zero-order valence-electron chi connectivity index (χ0n) is 12.8. The maximum atomic E-state index is 11.4. The first-order chi connectivity index (χ1) is 11.4. The van der Waals surface area contributed by atoms with Crippen LogP contribution in [0.15, 0.2) is 60.0 Å². The van der Waals surface area contributed by atoms with Crippen molar-refractivity contribution in [3.05, 3.63) is 60.0 Å². The van der Waals surface area contributed by atoms with Crippen molar-refractivity contribution < 1.29 is 8.42 Å². The summed E-state index contributed by atoms with van der Waals surface area (Å²) in [6.07, 6.45) is 1.60. The van der Waals surface area contributed by atoms with Crippen LogP contribution in [0.3, 0.4) is 0 Å². The second-order valence-corrected chi connectivity index (χ2v) is 7.90. The van der Waals surface area contributed by atoms with Gasteiger partial charge in [-0.1, -0.05) is 24.3 Å². The van der Waals surface area contributed by atoms with Crippen molar-refractivity contribution in [2.75, 3.05) is 16.8 Å². The van der Waals surface area contributed by atoms with Crippen LogP contribution in [0.5, 0.6) is 0 Å². The fourth-order valence-corrected chi connectivity index (χ4v) is 3.93. The maximum Gasteiger partial charge on any atom is 0.173 e. The van der Waals surface area contributed by atoms with E-state index in [0.717, 1.165) is 22.5 Å². The zero-order chi connectivity index (χ0) is 17.2. The Morgan fingerprint density at radius 2 is 1.62 bits per heavy atom. The van der Waals surface area contributed by atoms with E-state index in [-0.39, 0.29) is 11.8 Å². The molecule has 0 amide bonds. The zero-order valence-corrected chi connectivity index (χ0v) is 14.4. The molecule has 0 aliphatic carbocycles. The van der Waals surface area contributed by atoms with Crippen molar-refractivity contribution in [2.24, 2.45) is 0 Å². The van der Waals surface area contributed by atoms with Crippen LogP contribution in [-0.2, 0) is 9.84 Å². The molecule has 1 aliphatic rings. The molecule has 1 unspecified atom stereocenters. The molecule has 124 valence electrons. The number of sulfone groups is 1. The third-order valence-electron chi connectivity index (χ3n) is 3.63. The molecule has 0 aromatic heterocycles. The number of anilines is 2. The van der Waals surface area contributed by atoms with Crippen molar-refractivity contribution in [3.8, 4) is 11.1 Å². The van der Waals surface area contributed by atoms with Gasteiger partial charge in [-0.15, -0.1) is 0 Å². The summed E-state index contributed by atoms with van der Waals surface area (Å²) in [4.78, 5) is 0. The molecule has 0 bridgehead atoms. The molecule has 7 heteroatoms. The van der Waals surface area contributed by atoms with Crippen molar-refractivity contribution >= 4 is 38.5 Å². The summed E-state index contributed by atoms with van der Waals surface area (Å²) in [7, 11) is -3.09. The summed E-state index contributed by atoms with van der Waals surface area (Å²) in [5.41, 5.74) is 9.41. The molecule has 0 saturated carbocycles. The fraction of sp³-hybridized carbons (Fsp3) is 0.118. The summed E-state index contributed by atoms with van der Waals surface area (Å²) in [5.74, 6) is 0.0326. The number of hydrogen-bond donors (Lipinski definition) is 3. The number of rotatable bonds is 3. The maximum absolute atomic E-state index is 11.4. The van der Waals surface area contributed by atoms with E-state index < -0.39 is 9.84 Å². The number of nitrogens with two attached hydrogens (primary N) is 1. The number of benzene rings is 2. The van der Waals surface area contributed by atoms with Crippen LogP contribution in [0.1, 0.15) is 0 Å². The van der Waals surface area contributed by atoms with Crippen LogP contribution in [0.25, 0.3) is 11.1 Å². The van der Waals surface area contributed by atoms with E-state index in [1.54, 1.807) is 6.08 Å². The second-order valence-electron chi connectivity index (χ2n) is 5.56. The van der Waals surface area contributed by atoms with Gasteiger partial charge in [0.1, 0.15) is 0 Å². The Morgan fingerprint density at radius 1 is 1.04 bits per heavy atom. The van der Waals surface area contributed by atoms with Gasteiger partial charge in [0.25, 0.3) is 0 Å². The minimum absolute atomic E-state index is 0.0326. The van der Waals surface area contributed by atoms with Gasteiger partial charge in [-0.25, -0.2) is 8.42 Å². The molecule has 3 rings (SSSR count). The van der Waals surface area contributed by atoms with Crippen molar-refractivity contribution in [1.82, 2.24) is 5.32 Å². The van der Waals surface area contributed by atoms with Gasteiger partial charge in [0.05, 0.1) is 11.8 Å². The summed E-state index contributed by atoms with van der Waals surface area (Å²) < 4.78 is 22.8. The summed E-state index contributed by atoms with van der Waals surface area (Å²) in [6, 6.07) is 15.2. The molecule has 2 aromatic rings. The Morgan fingerprint density at radius 3 is 2.17 bits per heavy atom. The molecule has 1 atom stereocenters. The Bertz CT molecular complexity index is 873. The molecule has 0 fully saturated rings. The molecule has 24 heavy (non-hydrogen) atoms. The topological polar surface area (TPSA) is 84.2 Å². The quantitative estimate of drug-likeness (QED) is 0.577. The molecule has 4 N–H and O–H groups in total. The lowest BCUT2D eigenvalue weighted by molar-refractivity contribution is 0.603. The van der Waals surface area contributed by atoms with E-state index in [9.17, 15) is 8.42 Å².